The van der Waals surface area contributed by atoms with Crippen LogP contribution in [-0.4, -0.2) is 31.4 Å². The molecule has 0 amide bonds. The topological polar surface area (TPSA) is 115 Å². The van der Waals surface area contributed by atoms with E-state index >= 15 is 0 Å². The molecular formula is C15H8O7S. The second-order valence-electron chi connectivity index (χ2n) is 4.66. The molecule has 0 atom stereocenters. The van der Waals surface area contributed by atoms with Gasteiger partial charge in [-0.1, -0.05) is 18.2 Å². The Morgan fingerprint density at radius 3 is 2.13 bits per heavy atom. The fourth-order valence-corrected chi connectivity index (χ4v) is 3.78. The molecule has 0 saturated carbocycles. The fourth-order valence-electron chi connectivity index (χ4n) is 2.31. The molecule has 116 valence electrons. The molecule has 1 heterocycles. The molecule has 0 radical (unpaired) electrons. The summed E-state index contributed by atoms with van der Waals surface area (Å²) in [5.41, 5.74) is -1.57. The summed E-state index contributed by atoms with van der Waals surface area (Å²) in [6.07, 6.45) is 0. The van der Waals surface area contributed by atoms with Crippen molar-refractivity contribution in [1.29, 1.82) is 0 Å². The molecule has 0 fully saturated rings. The largest absolute Gasteiger partial charge is 0.478 e. The Morgan fingerprint density at radius 2 is 1.52 bits per heavy atom. The Kier molecular flexibility index (Phi) is 3.26. The summed E-state index contributed by atoms with van der Waals surface area (Å²) in [6.45, 7) is 0. The van der Waals surface area contributed by atoms with Crippen molar-refractivity contribution in [3.8, 4) is 0 Å². The zero-order valence-corrected chi connectivity index (χ0v) is 12.2. The number of carboxylic acids is 1. The number of ether oxygens (including phenoxy) is 1. The maximum absolute atomic E-state index is 12.7. The molecule has 8 heteroatoms. The van der Waals surface area contributed by atoms with E-state index in [0.29, 0.717) is 0 Å². The molecule has 0 aromatic heterocycles. The van der Waals surface area contributed by atoms with Gasteiger partial charge in [0.2, 0.25) is 9.84 Å². The van der Waals surface area contributed by atoms with Crippen molar-refractivity contribution in [3.05, 3.63) is 59.2 Å². The zero-order valence-electron chi connectivity index (χ0n) is 11.3. The summed E-state index contributed by atoms with van der Waals surface area (Å²) in [5, 5.41) is 9.10. The summed E-state index contributed by atoms with van der Waals surface area (Å²) in [7, 11) is -4.11. The predicted octanol–water partition coefficient (Wildman–Crippen LogP) is 1.53. The van der Waals surface area contributed by atoms with Gasteiger partial charge in [-0.3, -0.25) is 0 Å². The van der Waals surface area contributed by atoms with Crippen molar-refractivity contribution in [3.63, 3.8) is 0 Å². The molecule has 0 bridgehead atoms. The number of carboxylic acid groups (broad SMARTS) is 1. The lowest BCUT2D eigenvalue weighted by atomic mass is 10.0. The van der Waals surface area contributed by atoms with Crippen LogP contribution in [0.1, 0.15) is 31.1 Å². The lowest BCUT2D eigenvalue weighted by Gasteiger charge is -2.08. The lowest BCUT2D eigenvalue weighted by molar-refractivity contribution is 0.0438. The Balaban J connectivity index is 2.34. The first-order valence-corrected chi connectivity index (χ1v) is 7.79. The van der Waals surface area contributed by atoms with Crippen molar-refractivity contribution >= 4 is 27.7 Å². The first-order chi connectivity index (χ1) is 10.8. The number of benzene rings is 2. The monoisotopic (exact) mass is 332 g/mol. The summed E-state index contributed by atoms with van der Waals surface area (Å²) >= 11 is 0. The SMILES string of the molecule is O=C(O)c1ccc(S(=O)(=O)c2ccccc2)c2c1C(=O)OC2=O. The summed E-state index contributed by atoms with van der Waals surface area (Å²) in [6, 6.07) is 9.24. The van der Waals surface area contributed by atoms with Gasteiger partial charge < -0.3 is 9.84 Å². The van der Waals surface area contributed by atoms with Gasteiger partial charge in [0.15, 0.2) is 0 Å². The van der Waals surface area contributed by atoms with E-state index in [1.165, 1.54) is 24.3 Å². The van der Waals surface area contributed by atoms with E-state index in [-0.39, 0.29) is 4.90 Å². The zero-order chi connectivity index (χ0) is 16.8. The third-order valence-electron chi connectivity index (χ3n) is 3.33. The second kappa shape index (κ2) is 5.03. The molecule has 0 spiro atoms. The van der Waals surface area contributed by atoms with Crippen LogP contribution in [0.2, 0.25) is 0 Å². The van der Waals surface area contributed by atoms with Gasteiger partial charge in [0.1, 0.15) is 0 Å². The van der Waals surface area contributed by atoms with Crippen LogP contribution < -0.4 is 0 Å². The van der Waals surface area contributed by atoms with Crippen LogP contribution in [-0.2, 0) is 14.6 Å². The van der Waals surface area contributed by atoms with Gasteiger partial charge in [-0.25, -0.2) is 22.8 Å². The third-order valence-corrected chi connectivity index (χ3v) is 5.15. The number of cyclic esters (lactones) is 2. The number of aromatic carboxylic acids is 1. The van der Waals surface area contributed by atoms with Crippen LogP contribution in [0.3, 0.4) is 0 Å². The third kappa shape index (κ3) is 2.20. The molecule has 0 unspecified atom stereocenters. The van der Waals surface area contributed by atoms with Crippen molar-refractivity contribution in [2.24, 2.45) is 0 Å². The number of fused-ring (bicyclic) bond motifs is 1. The quantitative estimate of drug-likeness (QED) is 0.669. The minimum atomic E-state index is -4.11. The second-order valence-corrected chi connectivity index (χ2v) is 6.58. The van der Waals surface area contributed by atoms with E-state index in [1.807, 2.05) is 0 Å². The maximum atomic E-state index is 12.7. The van der Waals surface area contributed by atoms with Gasteiger partial charge in [-0.15, -0.1) is 0 Å². The Labute approximate surface area is 130 Å². The fraction of sp³-hybridized carbons (Fsp3) is 0. The van der Waals surface area contributed by atoms with Crippen LogP contribution in [0.4, 0.5) is 0 Å². The highest BCUT2D eigenvalue weighted by Crippen LogP contribution is 2.33. The number of hydrogen-bond donors (Lipinski definition) is 1. The van der Waals surface area contributed by atoms with Crippen molar-refractivity contribution in [2.75, 3.05) is 0 Å². The lowest BCUT2D eigenvalue weighted by Crippen LogP contribution is -2.12. The minimum Gasteiger partial charge on any atom is -0.478 e. The summed E-state index contributed by atoms with van der Waals surface area (Å²) in [5.74, 6) is -3.81. The van der Waals surface area contributed by atoms with Crippen LogP contribution in [0, 0.1) is 0 Å². The Bertz CT molecular complexity index is 959. The molecule has 0 aliphatic carbocycles. The predicted molar refractivity (Wildman–Crippen MR) is 75.0 cm³/mol. The highest BCUT2D eigenvalue weighted by molar-refractivity contribution is 7.91. The van der Waals surface area contributed by atoms with E-state index in [1.54, 1.807) is 6.07 Å². The van der Waals surface area contributed by atoms with Gasteiger partial charge in [0, 0.05) is 0 Å². The first kappa shape index (κ1) is 14.9. The molecule has 7 nitrogen and oxygen atoms in total. The van der Waals surface area contributed by atoms with Gasteiger partial charge >= 0.3 is 17.9 Å². The normalized spacial score (nSPS) is 13.6. The molecule has 23 heavy (non-hydrogen) atoms. The molecule has 1 N–H and O–H groups in total. The number of carbonyl (C=O) groups excluding carboxylic acids is 2. The van der Waals surface area contributed by atoms with Crippen LogP contribution in [0.5, 0.6) is 0 Å². The van der Waals surface area contributed by atoms with Gasteiger partial charge in [0.05, 0.1) is 26.5 Å². The summed E-state index contributed by atoms with van der Waals surface area (Å²) in [4.78, 5) is 34.2. The van der Waals surface area contributed by atoms with Crippen LogP contribution in [0.15, 0.2) is 52.3 Å². The number of hydrogen-bond acceptors (Lipinski definition) is 6. The van der Waals surface area contributed by atoms with E-state index in [2.05, 4.69) is 4.74 Å². The molecule has 2 aromatic rings. The van der Waals surface area contributed by atoms with Gasteiger partial charge in [0.25, 0.3) is 0 Å². The molecular weight excluding hydrogens is 324 g/mol. The number of sulfone groups is 1. The summed E-state index contributed by atoms with van der Waals surface area (Å²) < 4.78 is 29.7. The highest BCUT2D eigenvalue weighted by Gasteiger charge is 2.40. The standard InChI is InChI=1S/C15H8O7S/c16-13(17)9-6-7-10(12-11(9)14(18)22-15(12)19)23(20,21)8-4-2-1-3-5-8/h1-7H,(H,16,17). The molecule has 0 saturated heterocycles. The minimum absolute atomic E-state index is 0.0857. The van der Waals surface area contributed by atoms with E-state index < -0.39 is 49.3 Å². The average Bonchev–Trinajstić information content (AvgIpc) is 2.82. The molecule has 2 aromatic carbocycles. The van der Waals surface area contributed by atoms with E-state index in [4.69, 9.17) is 5.11 Å². The van der Waals surface area contributed by atoms with E-state index in [9.17, 15) is 22.8 Å². The van der Waals surface area contributed by atoms with Gasteiger partial charge in [-0.2, -0.15) is 0 Å². The van der Waals surface area contributed by atoms with E-state index in [0.717, 1.165) is 12.1 Å². The van der Waals surface area contributed by atoms with Gasteiger partial charge in [-0.05, 0) is 24.3 Å². The Morgan fingerprint density at radius 1 is 0.913 bits per heavy atom. The van der Waals surface area contributed by atoms with Crippen molar-refractivity contribution in [1.82, 2.24) is 0 Å². The number of carbonyl (C=O) groups is 3. The maximum Gasteiger partial charge on any atom is 0.348 e. The molecule has 1 aliphatic rings. The Hall–Kier alpha value is -3.00. The molecule has 3 rings (SSSR count). The number of rotatable bonds is 3. The molecule has 1 aliphatic heterocycles. The van der Waals surface area contributed by atoms with Crippen LogP contribution in [0.25, 0.3) is 0 Å². The highest BCUT2D eigenvalue weighted by atomic mass is 32.2. The van der Waals surface area contributed by atoms with Crippen molar-refractivity contribution < 1.29 is 32.6 Å². The number of esters is 2. The van der Waals surface area contributed by atoms with Crippen LogP contribution >= 0.6 is 0 Å². The average molecular weight is 332 g/mol. The smallest absolute Gasteiger partial charge is 0.348 e. The first-order valence-electron chi connectivity index (χ1n) is 6.31. The van der Waals surface area contributed by atoms with Crippen molar-refractivity contribution in [2.45, 2.75) is 9.79 Å².